The molecular weight excluding hydrogens is 182 g/mol. The van der Waals surface area contributed by atoms with Gasteiger partial charge < -0.3 is 9.84 Å². The number of nitrogens with zero attached hydrogens (tertiary/aromatic N) is 3. The molecule has 5 nitrogen and oxygen atoms in total. The van der Waals surface area contributed by atoms with Crippen LogP contribution in [0.5, 0.6) is 0 Å². The lowest BCUT2D eigenvalue weighted by Gasteiger charge is -2.27. The molecule has 80 valence electrons. The van der Waals surface area contributed by atoms with Crippen LogP contribution in [0.15, 0.2) is 5.11 Å². The van der Waals surface area contributed by atoms with E-state index in [4.69, 9.17) is 10.3 Å². The van der Waals surface area contributed by atoms with Crippen molar-refractivity contribution < 1.29 is 9.84 Å². The average molecular weight is 199 g/mol. The van der Waals surface area contributed by atoms with Crippen LogP contribution in [0, 0.1) is 5.92 Å². The number of aliphatic hydroxyl groups excluding tert-OH is 1. The van der Waals surface area contributed by atoms with Gasteiger partial charge in [-0.2, -0.15) is 0 Å². The van der Waals surface area contributed by atoms with E-state index in [9.17, 15) is 5.11 Å². The maximum atomic E-state index is 9.84. The van der Waals surface area contributed by atoms with E-state index in [1.807, 2.05) is 20.8 Å². The summed E-state index contributed by atoms with van der Waals surface area (Å²) < 4.78 is 5.71. The Morgan fingerprint density at radius 1 is 1.64 bits per heavy atom. The first-order valence-corrected chi connectivity index (χ1v) is 4.92. The van der Waals surface area contributed by atoms with Gasteiger partial charge in [-0.1, -0.05) is 19.0 Å². The smallest absolute Gasteiger partial charge is 0.0901 e. The van der Waals surface area contributed by atoms with Crippen LogP contribution < -0.4 is 0 Å². The van der Waals surface area contributed by atoms with Crippen molar-refractivity contribution in [1.82, 2.24) is 0 Å². The van der Waals surface area contributed by atoms with E-state index >= 15 is 0 Å². The molecule has 1 aliphatic rings. The van der Waals surface area contributed by atoms with Crippen molar-refractivity contribution in [2.24, 2.45) is 11.0 Å². The number of hydrogen-bond donors (Lipinski definition) is 1. The Morgan fingerprint density at radius 3 is 2.71 bits per heavy atom. The molecule has 4 atom stereocenters. The SMILES string of the molecule is CCC1(C)OC(CN=[N+]=[N-])C(O)C1C. The van der Waals surface area contributed by atoms with Gasteiger partial charge in [-0.05, 0) is 18.9 Å². The third-order valence-electron chi connectivity index (χ3n) is 3.30. The zero-order chi connectivity index (χ0) is 10.8. The summed E-state index contributed by atoms with van der Waals surface area (Å²) in [4.78, 5) is 2.67. The molecule has 0 aromatic carbocycles. The summed E-state index contributed by atoms with van der Waals surface area (Å²) in [5.74, 6) is 0.0754. The summed E-state index contributed by atoms with van der Waals surface area (Å²) in [6.45, 7) is 6.18. The lowest BCUT2D eigenvalue weighted by Crippen LogP contribution is -2.32. The number of azide groups is 1. The highest BCUT2D eigenvalue weighted by Gasteiger charge is 2.47. The summed E-state index contributed by atoms with van der Waals surface area (Å²) in [6.07, 6.45) is -0.0471. The number of rotatable bonds is 3. The van der Waals surface area contributed by atoms with Crippen molar-refractivity contribution in [3.05, 3.63) is 10.4 Å². The van der Waals surface area contributed by atoms with Crippen LogP contribution in [-0.4, -0.2) is 29.5 Å². The molecule has 0 amide bonds. The highest BCUT2D eigenvalue weighted by atomic mass is 16.5. The van der Waals surface area contributed by atoms with E-state index < -0.39 is 6.10 Å². The molecular formula is C9H17N3O2. The first kappa shape index (κ1) is 11.3. The van der Waals surface area contributed by atoms with Crippen LogP contribution in [0.3, 0.4) is 0 Å². The van der Waals surface area contributed by atoms with E-state index in [-0.39, 0.29) is 24.2 Å². The minimum Gasteiger partial charge on any atom is -0.390 e. The van der Waals surface area contributed by atoms with Crippen LogP contribution >= 0.6 is 0 Å². The third kappa shape index (κ3) is 1.85. The van der Waals surface area contributed by atoms with Crippen molar-refractivity contribution in [3.63, 3.8) is 0 Å². The van der Waals surface area contributed by atoms with Crippen molar-refractivity contribution >= 4 is 0 Å². The first-order valence-electron chi connectivity index (χ1n) is 4.92. The van der Waals surface area contributed by atoms with Gasteiger partial charge in [0, 0.05) is 10.8 Å². The largest absolute Gasteiger partial charge is 0.390 e. The Balaban J connectivity index is 2.71. The third-order valence-corrected chi connectivity index (χ3v) is 3.30. The van der Waals surface area contributed by atoms with Crippen molar-refractivity contribution in [3.8, 4) is 0 Å². The minimum absolute atomic E-state index is 0.0754. The van der Waals surface area contributed by atoms with Gasteiger partial charge in [-0.15, -0.1) is 0 Å². The molecule has 0 aromatic heterocycles. The molecule has 0 spiro atoms. The fourth-order valence-corrected chi connectivity index (χ4v) is 1.87. The molecule has 1 saturated heterocycles. The molecule has 1 N–H and O–H groups in total. The lowest BCUT2D eigenvalue weighted by molar-refractivity contribution is -0.0462. The van der Waals surface area contributed by atoms with Crippen LogP contribution in [0.25, 0.3) is 10.4 Å². The highest BCUT2D eigenvalue weighted by molar-refractivity contribution is 4.96. The number of hydrogen-bond acceptors (Lipinski definition) is 3. The fraction of sp³-hybridized carbons (Fsp3) is 1.00. The Labute approximate surface area is 83.7 Å². The van der Waals surface area contributed by atoms with E-state index in [0.29, 0.717) is 0 Å². The molecule has 4 unspecified atom stereocenters. The summed E-state index contributed by atoms with van der Waals surface area (Å²) in [6, 6.07) is 0. The Hall–Kier alpha value is -0.770. The first-order chi connectivity index (χ1) is 6.55. The highest BCUT2D eigenvalue weighted by Crippen LogP contribution is 2.38. The Morgan fingerprint density at radius 2 is 2.29 bits per heavy atom. The molecule has 0 radical (unpaired) electrons. The van der Waals surface area contributed by atoms with Gasteiger partial charge in [-0.25, -0.2) is 0 Å². The summed E-state index contributed by atoms with van der Waals surface area (Å²) >= 11 is 0. The molecule has 0 aliphatic carbocycles. The van der Waals surface area contributed by atoms with Gasteiger partial charge in [0.15, 0.2) is 0 Å². The quantitative estimate of drug-likeness (QED) is 0.427. The van der Waals surface area contributed by atoms with Gasteiger partial charge in [0.05, 0.1) is 24.4 Å². The fourth-order valence-electron chi connectivity index (χ4n) is 1.87. The summed E-state index contributed by atoms with van der Waals surface area (Å²) in [7, 11) is 0. The normalized spacial score (nSPS) is 42.1. The second kappa shape index (κ2) is 4.17. The van der Waals surface area contributed by atoms with E-state index in [0.717, 1.165) is 6.42 Å². The second-order valence-corrected chi connectivity index (χ2v) is 4.02. The van der Waals surface area contributed by atoms with E-state index in [2.05, 4.69) is 10.0 Å². The molecule has 1 aliphatic heterocycles. The lowest BCUT2D eigenvalue weighted by atomic mass is 9.86. The standard InChI is InChI=1S/C9H17N3O2/c1-4-9(3)6(2)8(13)7(14-9)5-11-12-10/h6-8,13H,4-5H2,1-3H3. The van der Waals surface area contributed by atoms with Crippen molar-refractivity contribution in [2.45, 2.75) is 45.0 Å². The summed E-state index contributed by atoms with van der Waals surface area (Å²) in [5, 5.41) is 13.3. The molecule has 0 saturated carbocycles. The average Bonchev–Trinajstić information content (AvgIpc) is 2.41. The Kier molecular flexibility index (Phi) is 3.37. The van der Waals surface area contributed by atoms with Gasteiger partial charge >= 0.3 is 0 Å². The van der Waals surface area contributed by atoms with Gasteiger partial charge in [-0.3, -0.25) is 0 Å². The summed E-state index contributed by atoms with van der Waals surface area (Å²) in [5.41, 5.74) is 7.89. The van der Waals surface area contributed by atoms with Crippen LogP contribution in [0.2, 0.25) is 0 Å². The second-order valence-electron chi connectivity index (χ2n) is 4.02. The monoisotopic (exact) mass is 199 g/mol. The molecule has 1 fully saturated rings. The van der Waals surface area contributed by atoms with Crippen LogP contribution in [-0.2, 0) is 4.74 Å². The minimum atomic E-state index is -0.537. The molecule has 14 heavy (non-hydrogen) atoms. The molecule has 1 rings (SSSR count). The predicted octanol–water partition coefficient (Wildman–Crippen LogP) is 1.86. The van der Waals surface area contributed by atoms with Gasteiger partial charge in [0.2, 0.25) is 0 Å². The topological polar surface area (TPSA) is 78.2 Å². The Bertz CT molecular complexity index is 252. The molecule has 5 heteroatoms. The van der Waals surface area contributed by atoms with Crippen molar-refractivity contribution in [2.75, 3.05) is 6.54 Å². The van der Waals surface area contributed by atoms with Gasteiger partial charge in [0.1, 0.15) is 0 Å². The molecule has 1 heterocycles. The van der Waals surface area contributed by atoms with Gasteiger partial charge in [0.25, 0.3) is 0 Å². The zero-order valence-electron chi connectivity index (χ0n) is 8.84. The van der Waals surface area contributed by atoms with Crippen molar-refractivity contribution in [1.29, 1.82) is 0 Å². The zero-order valence-corrected chi connectivity index (χ0v) is 8.84. The van der Waals surface area contributed by atoms with E-state index in [1.54, 1.807) is 0 Å². The molecule has 0 aromatic rings. The number of ether oxygens (including phenoxy) is 1. The van der Waals surface area contributed by atoms with Crippen LogP contribution in [0.4, 0.5) is 0 Å². The maximum Gasteiger partial charge on any atom is 0.0901 e. The van der Waals surface area contributed by atoms with E-state index in [1.165, 1.54) is 0 Å². The van der Waals surface area contributed by atoms with Crippen LogP contribution in [0.1, 0.15) is 27.2 Å². The predicted molar refractivity (Wildman–Crippen MR) is 52.8 cm³/mol. The maximum absolute atomic E-state index is 9.84. The number of aliphatic hydroxyl groups is 1. The molecule has 0 bridgehead atoms.